The van der Waals surface area contributed by atoms with Crippen molar-refractivity contribution >= 4 is 12.4 Å². The van der Waals surface area contributed by atoms with E-state index >= 15 is 0 Å². The number of rotatable bonds is 3. The molecule has 0 spiro atoms. The molecule has 3 rings (SSSR count). The number of carbonyl (C=O) groups excluding carboxylic acids is 2. The van der Waals surface area contributed by atoms with Gasteiger partial charge in [0.1, 0.15) is 17.8 Å². The highest BCUT2D eigenvalue weighted by molar-refractivity contribution is 5.79. The Morgan fingerprint density at radius 3 is 2.71 bits per heavy atom. The van der Waals surface area contributed by atoms with Gasteiger partial charge in [0, 0.05) is 11.3 Å². The number of esters is 1. The molecule has 0 unspecified atom stereocenters. The highest BCUT2D eigenvalue weighted by atomic mass is 16.6. The molecule has 116 valence electrons. The molecule has 6 nitrogen and oxygen atoms in total. The fourth-order valence-corrected chi connectivity index (χ4v) is 4.60. The van der Waals surface area contributed by atoms with Gasteiger partial charge >= 0.3 is 5.97 Å². The van der Waals surface area contributed by atoms with Crippen molar-refractivity contribution < 1.29 is 24.5 Å². The molecule has 2 aliphatic carbocycles. The number of carbonyl (C=O) groups is 2. The summed E-state index contributed by atoms with van der Waals surface area (Å²) in [4.78, 5) is 23.3. The van der Waals surface area contributed by atoms with E-state index in [2.05, 4.69) is 5.32 Å². The first-order chi connectivity index (χ1) is 9.79. The lowest BCUT2D eigenvalue weighted by molar-refractivity contribution is -0.189. The molecule has 2 bridgehead atoms. The molecule has 1 saturated heterocycles. The second-order valence-electron chi connectivity index (χ2n) is 6.87. The molecular formula is C15H21NO5. The van der Waals surface area contributed by atoms with E-state index in [1.54, 1.807) is 13.0 Å². The average molecular weight is 295 g/mol. The minimum absolute atomic E-state index is 0.0729. The van der Waals surface area contributed by atoms with Crippen LogP contribution in [-0.2, 0) is 14.3 Å². The van der Waals surface area contributed by atoms with E-state index < -0.39 is 41.2 Å². The van der Waals surface area contributed by atoms with Crippen molar-refractivity contribution in [3.8, 4) is 0 Å². The summed E-state index contributed by atoms with van der Waals surface area (Å²) >= 11 is 0. The number of nitrogens with one attached hydrogen (secondary N) is 1. The van der Waals surface area contributed by atoms with Crippen LogP contribution in [0.3, 0.4) is 0 Å². The second kappa shape index (κ2) is 4.30. The van der Waals surface area contributed by atoms with Crippen LogP contribution in [0.2, 0.25) is 0 Å². The van der Waals surface area contributed by atoms with E-state index in [9.17, 15) is 19.8 Å². The Morgan fingerprint density at radius 2 is 2.14 bits per heavy atom. The van der Waals surface area contributed by atoms with Crippen LogP contribution in [0.15, 0.2) is 12.2 Å². The molecule has 0 aromatic rings. The molecular weight excluding hydrogens is 274 g/mol. The number of hydrogen-bond acceptors (Lipinski definition) is 5. The minimum atomic E-state index is -1.66. The van der Waals surface area contributed by atoms with E-state index in [1.807, 2.05) is 13.8 Å². The molecule has 1 amide bonds. The van der Waals surface area contributed by atoms with Gasteiger partial charge in [0.2, 0.25) is 6.41 Å². The van der Waals surface area contributed by atoms with Gasteiger partial charge < -0.3 is 20.3 Å². The van der Waals surface area contributed by atoms with E-state index in [1.165, 1.54) is 6.08 Å². The van der Waals surface area contributed by atoms with Crippen LogP contribution in [0.5, 0.6) is 0 Å². The Morgan fingerprint density at radius 1 is 1.48 bits per heavy atom. The third-order valence-corrected chi connectivity index (χ3v) is 5.68. The third-order valence-electron chi connectivity index (χ3n) is 5.68. The maximum absolute atomic E-state index is 12.3. The Labute approximate surface area is 123 Å². The summed E-state index contributed by atoms with van der Waals surface area (Å²) in [5.41, 5.74) is -2.60. The predicted molar refractivity (Wildman–Crippen MR) is 72.9 cm³/mol. The number of fused-ring (bicyclic) bond motifs is 4. The first kappa shape index (κ1) is 14.5. The van der Waals surface area contributed by atoms with Gasteiger partial charge in [0.15, 0.2) is 0 Å². The standard InChI is InChI=1S/C15H21NO5/c1-7(2)9-10-13(19)21-11(9)12(16-6-17)14(3)5-4-8(18)15(10,14)20/h4-12,18,20H,1-3H3,(H,16,17)/t8-,9-,10+,11+,12+,14+,15+/m0/s1. The lowest BCUT2D eigenvalue weighted by atomic mass is 9.53. The van der Waals surface area contributed by atoms with Gasteiger partial charge in [-0.05, 0) is 5.92 Å². The summed E-state index contributed by atoms with van der Waals surface area (Å²) < 4.78 is 5.47. The van der Waals surface area contributed by atoms with E-state index in [0.29, 0.717) is 6.41 Å². The maximum atomic E-state index is 12.3. The Hall–Kier alpha value is -1.40. The zero-order valence-electron chi connectivity index (χ0n) is 12.3. The Bertz CT molecular complexity index is 518. The van der Waals surface area contributed by atoms with Gasteiger partial charge in [-0.1, -0.05) is 32.9 Å². The van der Waals surface area contributed by atoms with E-state index in [4.69, 9.17) is 4.74 Å². The average Bonchev–Trinajstić information content (AvgIpc) is 2.85. The van der Waals surface area contributed by atoms with Crippen molar-refractivity contribution in [2.45, 2.75) is 44.6 Å². The molecule has 0 aromatic heterocycles. The Kier molecular flexibility index (Phi) is 2.98. The lowest BCUT2D eigenvalue weighted by Crippen LogP contribution is -2.71. The largest absolute Gasteiger partial charge is 0.460 e. The minimum Gasteiger partial charge on any atom is -0.460 e. The molecule has 3 aliphatic rings. The molecule has 6 heteroatoms. The van der Waals surface area contributed by atoms with Gasteiger partial charge in [-0.3, -0.25) is 9.59 Å². The number of aliphatic hydroxyl groups excluding tert-OH is 1. The lowest BCUT2D eigenvalue weighted by Gasteiger charge is -2.54. The molecule has 0 aromatic carbocycles. The van der Waals surface area contributed by atoms with Crippen molar-refractivity contribution in [2.24, 2.45) is 23.2 Å². The molecule has 3 N–H and O–H groups in total. The second-order valence-corrected chi connectivity index (χ2v) is 6.87. The fraction of sp³-hybridized carbons (Fsp3) is 0.733. The molecule has 21 heavy (non-hydrogen) atoms. The monoisotopic (exact) mass is 295 g/mol. The van der Waals surface area contributed by atoms with Crippen LogP contribution in [0, 0.1) is 23.2 Å². The van der Waals surface area contributed by atoms with Gasteiger partial charge in [-0.15, -0.1) is 0 Å². The van der Waals surface area contributed by atoms with Crippen molar-refractivity contribution in [1.29, 1.82) is 0 Å². The van der Waals surface area contributed by atoms with Gasteiger partial charge in [0.25, 0.3) is 0 Å². The van der Waals surface area contributed by atoms with E-state index in [-0.39, 0.29) is 11.8 Å². The third kappa shape index (κ3) is 1.49. The summed E-state index contributed by atoms with van der Waals surface area (Å²) in [6.07, 6.45) is 2.10. The summed E-state index contributed by atoms with van der Waals surface area (Å²) in [7, 11) is 0. The van der Waals surface area contributed by atoms with E-state index in [0.717, 1.165) is 0 Å². The van der Waals surface area contributed by atoms with Crippen LogP contribution < -0.4 is 5.32 Å². The SMILES string of the molecule is CC(C)[C@@H]1[C@H]2OC(=O)[C@@H]1[C@]1(O)[C@@H](O)C=C[C@]1(C)[C@@H]2NC=O. The summed E-state index contributed by atoms with van der Waals surface area (Å²) in [6, 6.07) is -0.566. The predicted octanol–water partition coefficient (Wildman–Crippen LogP) is -0.404. The molecule has 0 radical (unpaired) electrons. The molecule has 1 heterocycles. The van der Waals surface area contributed by atoms with Crippen LogP contribution in [0.25, 0.3) is 0 Å². The van der Waals surface area contributed by atoms with Crippen molar-refractivity contribution in [1.82, 2.24) is 5.32 Å². The molecule has 1 saturated carbocycles. The quantitative estimate of drug-likeness (QED) is 0.374. The normalized spacial score (nSPS) is 51.0. The van der Waals surface area contributed by atoms with Gasteiger partial charge in [-0.2, -0.15) is 0 Å². The van der Waals surface area contributed by atoms with Gasteiger partial charge in [0.05, 0.1) is 12.0 Å². The summed E-state index contributed by atoms with van der Waals surface area (Å²) in [5, 5.41) is 24.2. The highest BCUT2D eigenvalue weighted by Crippen LogP contribution is 2.60. The van der Waals surface area contributed by atoms with Gasteiger partial charge in [-0.25, -0.2) is 0 Å². The fourth-order valence-electron chi connectivity index (χ4n) is 4.60. The number of ether oxygens (including phenoxy) is 1. The van der Waals surface area contributed by atoms with Crippen molar-refractivity contribution in [3.63, 3.8) is 0 Å². The zero-order chi connectivity index (χ0) is 15.6. The van der Waals surface area contributed by atoms with Crippen LogP contribution >= 0.6 is 0 Å². The number of aliphatic hydroxyl groups is 2. The topological polar surface area (TPSA) is 95.9 Å². The summed E-state index contributed by atoms with van der Waals surface area (Å²) in [6.45, 7) is 5.65. The van der Waals surface area contributed by atoms with Crippen LogP contribution in [0.4, 0.5) is 0 Å². The van der Waals surface area contributed by atoms with Crippen molar-refractivity contribution in [2.75, 3.05) is 0 Å². The first-order valence-corrected chi connectivity index (χ1v) is 7.29. The van der Waals surface area contributed by atoms with Crippen LogP contribution in [-0.4, -0.2) is 46.4 Å². The number of amides is 1. The smallest absolute Gasteiger partial charge is 0.312 e. The highest BCUT2D eigenvalue weighted by Gasteiger charge is 2.74. The zero-order valence-corrected chi connectivity index (χ0v) is 12.3. The van der Waals surface area contributed by atoms with Crippen LogP contribution in [0.1, 0.15) is 20.8 Å². The molecule has 1 aliphatic heterocycles. The van der Waals surface area contributed by atoms with Crippen molar-refractivity contribution in [3.05, 3.63) is 12.2 Å². The number of hydrogen-bond donors (Lipinski definition) is 3. The maximum Gasteiger partial charge on any atom is 0.312 e. The molecule has 7 atom stereocenters. The Balaban J connectivity index is 2.18. The molecule has 2 fully saturated rings. The first-order valence-electron chi connectivity index (χ1n) is 7.29. The summed E-state index contributed by atoms with van der Waals surface area (Å²) in [5.74, 6) is -1.46.